The fraction of sp³-hybridized carbons (Fsp3) is 0.190. The molecule has 0 saturated heterocycles. The molecule has 0 unspecified atom stereocenters. The predicted molar refractivity (Wildman–Crippen MR) is 108 cm³/mol. The van der Waals surface area contributed by atoms with Crippen LogP contribution in [-0.4, -0.2) is 39.6 Å². The third-order valence-corrected chi connectivity index (χ3v) is 5.01. The van der Waals surface area contributed by atoms with Gasteiger partial charge in [-0.25, -0.2) is 18.4 Å². The van der Waals surface area contributed by atoms with E-state index in [2.05, 4.69) is 25.1 Å². The van der Waals surface area contributed by atoms with Crippen LogP contribution in [0.5, 0.6) is 0 Å². The van der Waals surface area contributed by atoms with E-state index >= 15 is 0 Å². The molecule has 0 fully saturated rings. The molecule has 3 aromatic heterocycles. The van der Waals surface area contributed by atoms with E-state index in [1.54, 1.807) is 50.1 Å². The van der Waals surface area contributed by atoms with Crippen LogP contribution in [0.1, 0.15) is 29.8 Å². The number of benzene rings is 1. The smallest absolute Gasteiger partial charge is 0.137 e. The Kier molecular flexibility index (Phi) is 5.63. The first-order chi connectivity index (χ1) is 15.0. The van der Waals surface area contributed by atoms with E-state index in [9.17, 15) is 13.9 Å². The second kappa shape index (κ2) is 8.52. The molecule has 0 saturated carbocycles. The van der Waals surface area contributed by atoms with Gasteiger partial charge in [-0.3, -0.25) is 14.6 Å². The van der Waals surface area contributed by atoms with Gasteiger partial charge >= 0.3 is 0 Å². The van der Waals surface area contributed by atoms with Crippen molar-refractivity contribution in [3.63, 3.8) is 0 Å². The number of hydrogen-bond acceptors (Lipinski definition) is 6. The van der Waals surface area contributed by atoms with Crippen molar-refractivity contribution < 1.29 is 13.9 Å². The SMILES string of the molecule is C[C@@H](n1cc(/C=C/c2cnccn2)cn1)[C@](O)(Cn1cncn1)c1ccc(F)cc1F. The highest BCUT2D eigenvalue weighted by Gasteiger charge is 2.40. The Morgan fingerprint density at radius 2 is 2.00 bits per heavy atom. The normalized spacial score (nSPS) is 14.6. The molecule has 0 radical (unpaired) electrons. The van der Waals surface area contributed by atoms with Gasteiger partial charge in [-0.05, 0) is 25.1 Å². The van der Waals surface area contributed by atoms with E-state index in [1.807, 2.05) is 0 Å². The van der Waals surface area contributed by atoms with Crippen molar-refractivity contribution >= 4 is 12.2 Å². The van der Waals surface area contributed by atoms with E-state index in [0.29, 0.717) is 5.69 Å². The standard InChI is InChI=1S/C21H19F2N7O/c1-15(30-11-16(9-27-30)2-4-18-10-24-6-7-26-18)21(31,12-29-14-25-13-28-29)19-5-3-17(22)8-20(19)23/h2-11,13-15,31H,12H2,1H3/b4-2+/t15-,21-/m1/s1. The highest BCUT2D eigenvalue weighted by atomic mass is 19.1. The maximum absolute atomic E-state index is 14.7. The van der Waals surface area contributed by atoms with Crippen LogP contribution in [0.4, 0.5) is 8.78 Å². The Labute approximate surface area is 176 Å². The summed E-state index contributed by atoms with van der Waals surface area (Å²) in [5.74, 6) is -1.59. The maximum atomic E-state index is 14.7. The first kappa shape index (κ1) is 20.5. The minimum absolute atomic E-state index is 0.0657. The molecule has 0 aliphatic heterocycles. The number of hydrogen-bond donors (Lipinski definition) is 1. The van der Waals surface area contributed by atoms with Crippen LogP contribution in [0, 0.1) is 11.6 Å². The van der Waals surface area contributed by atoms with Gasteiger partial charge in [-0.2, -0.15) is 10.2 Å². The summed E-state index contributed by atoms with van der Waals surface area (Å²) >= 11 is 0. The molecule has 3 heterocycles. The summed E-state index contributed by atoms with van der Waals surface area (Å²) in [6.07, 6.45) is 14.4. The number of aromatic nitrogens is 7. The van der Waals surface area contributed by atoms with Gasteiger partial charge < -0.3 is 5.11 Å². The third-order valence-electron chi connectivity index (χ3n) is 5.01. The van der Waals surface area contributed by atoms with Crippen molar-refractivity contribution in [2.24, 2.45) is 0 Å². The minimum Gasteiger partial charge on any atom is -0.381 e. The van der Waals surface area contributed by atoms with E-state index in [0.717, 1.165) is 17.7 Å². The van der Waals surface area contributed by atoms with Gasteiger partial charge in [0.1, 0.15) is 29.9 Å². The van der Waals surface area contributed by atoms with Gasteiger partial charge in [0.05, 0.1) is 30.7 Å². The summed E-state index contributed by atoms with van der Waals surface area (Å²) in [5.41, 5.74) is -0.424. The molecule has 0 spiro atoms. The first-order valence-electron chi connectivity index (χ1n) is 9.44. The number of aliphatic hydroxyl groups is 1. The molecule has 10 heteroatoms. The molecule has 0 bridgehead atoms. The molecule has 4 rings (SSSR count). The van der Waals surface area contributed by atoms with Gasteiger partial charge in [0.25, 0.3) is 0 Å². The first-order valence-corrected chi connectivity index (χ1v) is 9.44. The second-order valence-electron chi connectivity index (χ2n) is 7.03. The van der Waals surface area contributed by atoms with Crippen molar-refractivity contribution in [1.82, 2.24) is 34.5 Å². The maximum Gasteiger partial charge on any atom is 0.137 e. The molecule has 0 aliphatic carbocycles. The van der Waals surface area contributed by atoms with Crippen LogP contribution in [0.3, 0.4) is 0 Å². The Morgan fingerprint density at radius 1 is 1.13 bits per heavy atom. The molecule has 158 valence electrons. The monoisotopic (exact) mass is 423 g/mol. The van der Waals surface area contributed by atoms with Crippen LogP contribution in [0.25, 0.3) is 12.2 Å². The van der Waals surface area contributed by atoms with Crippen molar-refractivity contribution in [1.29, 1.82) is 0 Å². The van der Waals surface area contributed by atoms with Gasteiger partial charge in [0.2, 0.25) is 0 Å². The third kappa shape index (κ3) is 4.38. The molecule has 8 nitrogen and oxygen atoms in total. The zero-order chi connectivity index (χ0) is 21.8. The minimum atomic E-state index is -1.79. The average molecular weight is 423 g/mol. The molecule has 31 heavy (non-hydrogen) atoms. The highest BCUT2D eigenvalue weighted by Crippen LogP contribution is 2.36. The molecule has 0 aliphatic rings. The van der Waals surface area contributed by atoms with Crippen LogP contribution < -0.4 is 0 Å². The molecule has 1 N–H and O–H groups in total. The fourth-order valence-corrected chi connectivity index (χ4v) is 3.29. The van der Waals surface area contributed by atoms with Gasteiger partial charge in [-0.1, -0.05) is 6.07 Å². The molecular weight excluding hydrogens is 404 g/mol. The lowest BCUT2D eigenvalue weighted by Crippen LogP contribution is -2.40. The summed E-state index contributed by atoms with van der Waals surface area (Å²) < 4.78 is 31.1. The number of halogens is 2. The van der Waals surface area contributed by atoms with Crippen LogP contribution >= 0.6 is 0 Å². The summed E-state index contributed by atoms with van der Waals surface area (Å²) in [7, 11) is 0. The highest BCUT2D eigenvalue weighted by molar-refractivity contribution is 5.66. The Morgan fingerprint density at radius 3 is 2.71 bits per heavy atom. The lowest BCUT2D eigenvalue weighted by Gasteiger charge is -2.34. The Balaban J connectivity index is 1.67. The zero-order valence-electron chi connectivity index (χ0n) is 16.5. The van der Waals surface area contributed by atoms with E-state index in [1.165, 1.54) is 28.1 Å². The summed E-state index contributed by atoms with van der Waals surface area (Å²) in [6, 6.07) is 2.36. The summed E-state index contributed by atoms with van der Waals surface area (Å²) in [5, 5.41) is 20.0. The van der Waals surface area contributed by atoms with Crippen molar-refractivity contribution in [3.05, 3.63) is 90.3 Å². The molecule has 2 atom stereocenters. The van der Waals surface area contributed by atoms with E-state index in [-0.39, 0.29) is 12.1 Å². The van der Waals surface area contributed by atoms with Crippen LogP contribution in [0.15, 0.2) is 61.8 Å². The van der Waals surface area contributed by atoms with Crippen LogP contribution in [-0.2, 0) is 12.1 Å². The Bertz CT molecular complexity index is 1180. The lowest BCUT2D eigenvalue weighted by molar-refractivity contribution is -0.0369. The van der Waals surface area contributed by atoms with E-state index in [4.69, 9.17) is 0 Å². The molecule has 0 amide bonds. The van der Waals surface area contributed by atoms with Crippen molar-refractivity contribution in [2.45, 2.75) is 25.1 Å². The largest absolute Gasteiger partial charge is 0.381 e. The fourth-order valence-electron chi connectivity index (χ4n) is 3.29. The number of rotatable bonds is 7. The molecule has 1 aromatic carbocycles. The van der Waals surface area contributed by atoms with Gasteiger partial charge in [-0.15, -0.1) is 0 Å². The zero-order valence-corrected chi connectivity index (χ0v) is 16.5. The molecule has 4 aromatic rings. The van der Waals surface area contributed by atoms with Crippen molar-refractivity contribution in [2.75, 3.05) is 0 Å². The van der Waals surface area contributed by atoms with Gasteiger partial charge in [0.15, 0.2) is 0 Å². The predicted octanol–water partition coefficient (Wildman–Crippen LogP) is 2.86. The summed E-state index contributed by atoms with van der Waals surface area (Å²) in [4.78, 5) is 12.0. The van der Waals surface area contributed by atoms with E-state index < -0.39 is 23.3 Å². The van der Waals surface area contributed by atoms with Crippen molar-refractivity contribution in [3.8, 4) is 0 Å². The number of nitrogens with zero attached hydrogens (tertiary/aromatic N) is 7. The molecular formula is C21H19F2N7O. The topological polar surface area (TPSA) is 94.5 Å². The Hall–Kier alpha value is -3.79. The quantitative estimate of drug-likeness (QED) is 0.491. The lowest BCUT2D eigenvalue weighted by atomic mass is 9.86. The van der Waals surface area contributed by atoms with Crippen LogP contribution in [0.2, 0.25) is 0 Å². The average Bonchev–Trinajstić information content (AvgIpc) is 3.44. The second-order valence-corrected chi connectivity index (χ2v) is 7.03. The summed E-state index contributed by atoms with van der Waals surface area (Å²) in [6.45, 7) is 1.59. The van der Waals surface area contributed by atoms with Gasteiger partial charge in [0, 0.05) is 35.8 Å².